The van der Waals surface area contributed by atoms with Crippen LogP contribution in [0.5, 0.6) is 0 Å². The van der Waals surface area contributed by atoms with Crippen LogP contribution in [0.3, 0.4) is 0 Å². The predicted molar refractivity (Wildman–Crippen MR) is 66.9 cm³/mol. The van der Waals surface area contributed by atoms with Crippen LogP contribution in [0.15, 0.2) is 15.5 Å². The summed E-state index contributed by atoms with van der Waals surface area (Å²) in [6.07, 6.45) is 4.54. The number of nitrogens with zero attached hydrogens (tertiary/aromatic N) is 2. The van der Waals surface area contributed by atoms with Crippen molar-refractivity contribution in [3.8, 4) is 0 Å². The van der Waals surface area contributed by atoms with E-state index in [1.54, 1.807) is 0 Å². The van der Waals surface area contributed by atoms with Crippen molar-refractivity contribution >= 4 is 51.2 Å². The van der Waals surface area contributed by atoms with E-state index in [9.17, 15) is 0 Å². The average molecular weight is 386 g/mol. The lowest BCUT2D eigenvalue weighted by Crippen LogP contribution is -2.15. The number of rotatable bonds is 0. The molecule has 1 aliphatic heterocycles. The standard InChI is InChI=1S/C8H8I2N2/c9-6-4-8-7(11-10)2-1-3-12(8)5-6/h4-5H,1-3H2. The van der Waals surface area contributed by atoms with E-state index in [0.717, 1.165) is 13.0 Å². The quantitative estimate of drug-likeness (QED) is 0.611. The molecule has 4 heteroatoms. The molecule has 0 aliphatic carbocycles. The Kier molecular flexibility index (Phi) is 2.73. The van der Waals surface area contributed by atoms with E-state index in [2.05, 4.69) is 65.5 Å². The van der Waals surface area contributed by atoms with Gasteiger partial charge in [0.2, 0.25) is 0 Å². The van der Waals surface area contributed by atoms with Gasteiger partial charge in [-0.1, -0.05) is 0 Å². The summed E-state index contributed by atoms with van der Waals surface area (Å²) in [4.78, 5) is 0. The zero-order valence-electron chi connectivity index (χ0n) is 6.43. The van der Waals surface area contributed by atoms with Gasteiger partial charge in [0.15, 0.2) is 0 Å². The Morgan fingerprint density at radius 3 is 3.08 bits per heavy atom. The monoisotopic (exact) mass is 386 g/mol. The van der Waals surface area contributed by atoms with Gasteiger partial charge >= 0.3 is 0 Å². The van der Waals surface area contributed by atoms with E-state index >= 15 is 0 Å². The molecule has 0 saturated carbocycles. The van der Waals surface area contributed by atoms with Crippen molar-refractivity contribution in [3.05, 3.63) is 21.5 Å². The van der Waals surface area contributed by atoms with Crippen LogP contribution in [0.1, 0.15) is 18.5 Å². The Labute approximate surface area is 99.1 Å². The first-order chi connectivity index (χ1) is 5.81. The van der Waals surface area contributed by atoms with Gasteiger partial charge in [0.1, 0.15) is 0 Å². The van der Waals surface area contributed by atoms with Crippen LogP contribution >= 0.6 is 45.5 Å². The van der Waals surface area contributed by atoms with Crippen LogP contribution in [0.2, 0.25) is 0 Å². The molecule has 0 unspecified atom stereocenters. The molecule has 1 aromatic rings. The first-order valence-corrected chi connectivity index (χ1v) is 5.89. The zero-order valence-corrected chi connectivity index (χ0v) is 10.7. The highest BCUT2D eigenvalue weighted by Crippen LogP contribution is 2.20. The summed E-state index contributed by atoms with van der Waals surface area (Å²) < 4.78 is 7.87. The Hall–Kier alpha value is 0.410. The number of aryl methyl sites for hydroxylation is 1. The molecule has 1 aliphatic rings. The summed E-state index contributed by atoms with van der Waals surface area (Å²) in [5.74, 6) is 0. The van der Waals surface area contributed by atoms with E-state index < -0.39 is 0 Å². The molecule has 0 spiro atoms. The van der Waals surface area contributed by atoms with Gasteiger partial charge in [-0.15, -0.1) is 0 Å². The highest BCUT2D eigenvalue weighted by Gasteiger charge is 2.15. The van der Waals surface area contributed by atoms with Gasteiger partial charge in [0.25, 0.3) is 0 Å². The topological polar surface area (TPSA) is 17.3 Å². The maximum Gasteiger partial charge on any atom is 0.0835 e. The van der Waals surface area contributed by atoms with E-state index in [4.69, 9.17) is 0 Å². The lowest BCUT2D eigenvalue weighted by Gasteiger charge is -2.15. The van der Waals surface area contributed by atoms with Gasteiger partial charge < -0.3 is 4.57 Å². The molecule has 12 heavy (non-hydrogen) atoms. The third-order valence-corrected chi connectivity index (χ3v) is 3.25. The van der Waals surface area contributed by atoms with Gasteiger partial charge in [0, 0.05) is 16.3 Å². The zero-order chi connectivity index (χ0) is 8.55. The summed E-state index contributed by atoms with van der Waals surface area (Å²) in [7, 11) is 0. The molecular formula is C8H8I2N2. The SMILES string of the molecule is IN=C1CCCn2cc(I)cc21. The fourth-order valence-electron chi connectivity index (χ4n) is 1.53. The van der Waals surface area contributed by atoms with Crippen molar-refractivity contribution in [2.45, 2.75) is 19.4 Å². The third-order valence-electron chi connectivity index (χ3n) is 2.07. The number of fused-ring (bicyclic) bond motifs is 1. The van der Waals surface area contributed by atoms with Crippen molar-refractivity contribution in [3.63, 3.8) is 0 Å². The van der Waals surface area contributed by atoms with Gasteiger partial charge in [-0.25, -0.2) is 3.21 Å². The van der Waals surface area contributed by atoms with Gasteiger partial charge in [-0.3, -0.25) is 0 Å². The normalized spacial score (nSPS) is 19.7. The Morgan fingerprint density at radius 2 is 2.33 bits per heavy atom. The highest BCUT2D eigenvalue weighted by atomic mass is 127. The Bertz CT molecular complexity index is 328. The molecule has 0 fully saturated rings. The summed E-state index contributed by atoms with van der Waals surface area (Å²) >= 11 is 4.43. The summed E-state index contributed by atoms with van der Waals surface area (Å²) in [5.41, 5.74) is 2.55. The molecule has 0 atom stereocenters. The number of halogens is 2. The van der Waals surface area contributed by atoms with Gasteiger partial charge in [0.05, 0.1) is 34.3 Å². The molecule has 0 saturated heterocycles. The Balaban J connectivity index is 2.50. The lowest BCUT2D eigenvalue weighted by molar-refractivity contribution is 0.632. The second-order valence-electron chi connectivity index (χ2n) is 2.87. The highest BCUT2D eigenvalue weighted by molar-refractivity contribution is 14.1. The number of hydrogen-bond acceptors (Lipinski definition) is 1. The molecule has 2 nitrogen and oxygen atoms in total. The minimum atomic E-state index is 1.13. The van der Waals surface area contributed by atoms with Crippen molar-refractivity contribution in [2.75, 3.05) is 0 Å². The van der Waals surface area contributed by atoms with E-state index in [-0.39, 0.29) is 0 Å². The van der Waals surface area contributed by atoms with Crippen LogP contribution in [0, 0.1) is 3.57 Å². The number of hydrogen-bond donors (Lipinski definition) is 0. The maximum atomic E-state index is 4.26. The first-order valence-electron chi connectivity index (χ1n) is 3.85. The van der Waals surface area contributed by atoms with Crippen LogP contribution in [-0.4, -0.2) is 10.3 Å². The van der Waals surface area contributed by atoms with E-state index in [0.29, 0.717) is 0 Å². The van der Waals surface area contributed by atoms with Crippen molar-refractivity contribution < 1.29 is 0 Å². The van der Waals surface area contributed by atoms with Crippen LogP contribution in [0.25, 0.3) is 0 Å². The minimum absolute atomic E-state index is 1.13. The fourth-order valence-corrected chi connectivity index (χ4v) is 2.65. The molecule has 0 bridgehead atoms. The molecule has 0 aromatic carbocycles. The maximum absolute atomic E-state index is 4.26. The van der Waals surface area contributed by atoms with Crippen LogP contribution in [0.4, 0.5) is 0 Å². The molecular weight excluding hydrogens is 378 g/mol. The van der Waals surface area contributed by atoms with Crippen molar-refractivity contribution in [2.24, 2.45) is 3.21 Å². The molecule has 0 radical (unpaired) electrons. The first kappa shape index (κ1) is 8.98. The van der Waals surface area contributed by atoms with Crippen LogP contribution in [-0.2, 0) is 6.54 Å². The smallest absolute Gasteiger partial charge is 0.0835 e. The van der Waals surface area contributed by atoms with Gasteiger partial charge in [-0.2, -0.15) is 0 Å². The second kappa shape index (κ2) is 3.65. The molecule has 2 rings (SSSR count). The van der Waals surface area contributed by atoms with E-state index in [1.165, 1.54) is 21.4 Å². The second-order valence-corrected chi connectivity index (χ2v) is 4.60. The molecule has 0 N–H and O–H groups in total. The Morgan fingerprint density at radius 1 is 1.50 bits per heavy atom. The lowest BCUT2D eigenvalue weighted by atomic mass is 10.1. The largest absolute Gasteiger partial charge is 0.345 e. The average Bonchev–Trinajstić information content (AvgIpc) is 2.44. The summed E-state index contributed by atoms with van der Waals surface area (Å²) in [6.45, 7) is 1.15. The van der Waals surface area contributed by atoms with Gasteiger partial charge in [-0.05, 0) is 41.5 Å². The third kappa shape index (κ3) is 1.55. The van der Waals surface area contributed by atoms with Crippen molar-refractivity contribution in [1.29, 1.82) is 0 Å². The molecule has 64 valence electrons. The minimum Gasteiger partial charge on any atom is -0.345 e. The predicted octanol–water partition coefficient (Wildman–Crippen LogP) is 3.03. The summed E-state index contributed by atoms with van der Waals surface area (Å²) in [5, 5.41) is 0. The molecule has 0 amide bonds. The molecule has 1 aromatic heterocycles. The van der Waals surface area contributed by atoms with Crippen molar-refractivity contribution in [1.82, 2.24) is 4.57 Å². The van der Waals surface area contributed by atoms with Crippen LogP contribution < -0.4 is 0 Å². The summed E-state index contributed by atoms with van der Waals surface area (Å²) in [6, 6.07) is 2.21. The molecule has 2 heterocycles. The van der Waals surface area contributed by atoms with E-state index in [1.807, 2.05) is 0 Å². The number of aromatic nitrogens is 1. The fraction of sp³-hybridized carbons (Fsp3) is 0.375.